The first-order valence-electron chi connectivity index (χ1n) is 9.05. The Bertz CT molecular complexity index is 989. The molecule has 0 saturated heterocycles. The van der Waals surface area contributed by atoms with Gasteiger partial charge in [-0.3, -0.25) is 9.10 Å². The standard InChI is InChI=1S/C21H27FN2O3S/c1-13-10-15(3)20(11-14(13)2)16(4)23-21(25)17(5)24(28(6,26)27)19-9-7-8-18(22)12-19/h7-12,16-17H,1-6H3,(H,23,25). The van der Waals surface area contributed by atoms with Gasteiger partial charge in [0.2, 0.25) is 15.9 Å². The summed E-state index contributed by atoms with van der Waals surface area (Å²) in [4.78, 5) is 12.8. The molecule has 2 aromatic rings. The number of sulfonamides is 1. The van der Waals surface area contributed by atoms with Gasteiger partial charge in [0.1, 0.15) is 11.9 Å². The van der Waals surface area contributed by atoms with Crippen LogP contribution in [0.2, 0.25) is 0 Å². The number of amides is 1. The molecule has 2 rings (SSSR count). The highest BCUT2D eigenvalue weighted by Crippen LogP contribution is 2.24. The van der Waals surface area contributed by atoms with E-state index in [4.69, 9.17) is 0 Å². The lowest BCUT2D eigenvalue weighted by molar-refractivity contribution is -0.122. The maximum Gasteiger partial charge on any atom is 0.244 e. The van der Waals surface area contributed by atoms with Gasteiger partial charge in [-0.05, 0) is 75.1 Å². The van der Waals surface area contributed by atoms with Gasteiger partial charge in [0.15, 0.2) is 0 Å². The van der Waals surface area contributed by atoms with Crippen LogP contribution in [0.15, 0.2) is 36.4 Å². The lowest BCUT2D eigenvalue weighted by atomic mass is 9.96. The van der Waals surface area contributed by atoms with Crippen LogP contribution >= 0.6 is 0 Å². The highest BCUT2D eigenvalue weighted by molar-refractivity contribution is 7.92. The van der Waals surface area contributed by atoms with Crippen molar-refractivity contribution in [2.24, 2.45) is 0 Å². The monoisotopic (exact) mass is 406 g/mol. The number of nitrogens with one attached hydrogen (secondary N) is 1. The summed E-state index contributed by atoms with van der Waals surface area (Å²) >= 11 is 0. The second-order valence-electron chi connectivity index (χ2n) is 7.24. The van der Waals surface area contributed by atoms with E-state index in [0.717, 1.165) is 33.3 Å². The van der Waals surface area contributed by atoms with E-state index in [0.29, 0.717) is 0 Å². The Morgan fingerprint density at radius 1 is 1.04 bits per heavy atom. The Kier molecular flexibility index (Phi) is 6.49. The van der Waals surface area contributed by atoms with Gasteiger partial charge < -0.3 is 5.32 Å². The first-order chi connectivity index (χ1) is 12.9. The van der Waals surface area contributed by atoms with Crippen LogP contribution in [0.3, 0.4) is 0 Å². The molecule has 0 bridgehead atoms. The minimum Gasteiger partial charge on any atom is -0.348 e. The third-order valence-electron chi connectivity index (χ3n) is 4.86. The minimum absolute atomic E-state index is 0.111. The van der Waals surface area contributed by atoms with Gasteiger partial charge in [0, 0.05) is 0 Å². The predicted molar refractivity (Wildman–Crippen MR) is 110 cm³/mol. The van der Waals surface area contributed by atoms with Crippen LogP contribution in [-0.4, -0.2) is 26.6 Å². The summed E-state index contributed by atoms with van der Waals surface area (Å²) in [6.07, 6.45) is 0.999. The molecule has 0 fully saturated rings. The van der Waals surface area contributed by atoms with Crippen molar-refractivity contribution in [1.82, 2.24) is 5.32 Å². The van der Waals surface area contributed by atoms with Crippen molar-refractivity contribution in [3.8, 4) is 0 Å². The van der Waals surface area contributed by atoms with Gasteiger partial charge in [-0.25, -0.2) is 12.8 Å². The quantitative estimate of drug-likeness (QED) is 0.794. The number of benzene rings is 2. The molecule has 28 heavy (non-hydrogen) atoms. The Morgan fingerprint density at radius 3 is 2.21 bits per heavy atom. The van der Waals surface area contributed by atoms with Crippen molar-refractivity contribution in [2.75, 3.05) is 10.6 Å². The van der Waals surface area contributed by atoms with E-state index < -0.39 is 27.8 Å². The van der Waals surface area contributed by atoms with Crippen LogP contribution in [0.5, 0.6) is 0 Å². The fraction of sp³-hybridized carbons (Fsp3) is 0.381. The van der Waals surface area contributed by atoms with Crippen molar-refractivity contribution in [2.45, 2.75) is 46.7 Å². The van der Waals surface area contributed by atoms with E-state index in [2.05, 4.69) is 11.4 Å². The summed E-state index contributed by atoms with van der Waals surface area (Å²) in [5, 5.41) is 2.88. The molecule has 5 nitrogen and oxygen atoms in total. The molecular formula is C21H27FN2O3S. The van der Waals surface area contributed by atoms with Crippen molar-refractivity contribution >= 4 is 21.6 Å². The molecule has 2 unspecified atom stereocenters. The number of halogens is 1. The zero-order chi connectivity index (χ0) is 21.2. The van der Waals surface area contributed by atoms with Gasteiger partial charge in [0.25, 0.3) is 0 Å². The summed E-state index contributed by atoms with van der Waals surface area (Å²) < 4.78 is 39.1. The van der Waals surface area contributed by atoms with E-state index in [1.54, 1.807) is 0 Å². The molecule has 1 N–H and O–H groups in total. The highest BCUT2D eigenvalue weighted by atomic mass is 32.2. The topological polar surface area (TPSA) is 66.5 Å². The van der Waals surface area contributed by atoms with E-state index in [1.807, 2.05) is 33.8 Å². The summed E-state index contributed by atoms with van der Waals surface area (Å²) in [7, 11) is -3.79. The third-order valence-corrected chi connectivity index (χ3v) is 6.10. The Hall–Kier alpha value is -2.41. The zero-order valence-corrected chi connectivity index (χ0v) is 17.9. The molecule has 152 valence electrons. The molecule has 0 heterocycles. The second-order valence-corrected chi connectivity index (χ2v) is 9.10. The number of rotatable bonds is 6. The fourth-order valence-electron chi connectivity index (χ4n) is 3.28. The molecule has 0 radical (unpaired) electrons. The van der Waals surface area contributed by atoms with Crippen LogP contribution in [0, 0.1) is 26.6 Å². The molecule has 0 spiro atoms. The average Bonchev–Trinajstić information content (AvgIpc) is 2.56. The van der Waals surface area contributed by atoms with E-state index >= 15 is 0 Å². The lowest BCUT2D eigenvalue weighted by Gasteiger charge is -2.29. The lowest BCUT2D eigenvalue weighted by Crippen LogP contribution is -2.48. The Balaban J connectivity index is 2.30. The maximum absolute atomic E-state index is 13.6. The number of hydrogen-bond acceptors (Lipinski definition) is 3. The summed E-state index contributed by atoms with van der Waals surface area (Å²) in [6.45, 7) is 9.35. The van der Waals surface area contributed by atoms with E-state index in [-0.39, 0.29) is 11.7 Å². The molecule has 0 saturated carbocycles. The summed E-state index contributed by atoms with van der Waals surface area (Å²) in [5.41, 5.74) is 4.42. The zero-order valence-electron chi connectivity index (χ0n) is 17.1. The van der Waals surface area contributed by atoms with Crippen molar-refractivity contribution in [3.63, 3.8) is 0 Å². The van der Waals surface area contributed by atoms with Crippen molar-refractivity contribution in [3.05, 3.63) is 64.5 Å². The van der Waals surface area contributed by atoms with Crippen LogP contribution in [0.4, 0.5) is 10.1 Å². The second kappa shape index (κ2) is 8.31. The van der Waals surface area contributed by atoms with Gasteiger partial charge in [0.05, 0.1) is 18.0 Å². The number of aryl methyl sites for hydroxylation is 3. The normalized spacial score (nSPS) is 13.7. The Labute approximate surface area is 166 Å². The first kappa shape index (κ1) is 21.9. The number of carbonyl (C=O) groups excluding carboxylic acids is 1. The van der Waals surface area contributed by atoms with E-state index in [9.17, 15) is 17.6 Å². The maximum atomic E-state index is 13.6. The van der Waals surface area contributed by atoms with Gasteiger partial charge >= 0.3 is 0 Å². The Morgan fingerprint density at radius 2 is 1.64 bits per heavy atom. The summed E-state index contributed by atoms with van der Waals surface area (Å²) in [5.74, 6) is -1.03. The number of anilines is 1. The average molecular weight is 407 g/mol. The molecule has 2 aromatic carbocycles. The first-order valence-corrected chi connectivity index (χ1v) is 10.9. The molecule has 0 aliphatic rings. The number of hydrogen-bond donors (Lipinski definition) is 1. The molecule has 2 atom stereocenters. The van der Waals surface area contributed by atoms with E-state index in [1.165, 1.54) is 30.7 Å². The molecular weight excluding hydrogens is 379 g/mol. The number of nitrogens with zero attached hydrogens (tertiary/aromatic N) is 1. The minimum atomic E-state index is -3.79. The summed E-state index contributed by atoms with van der Waals surface area (Å²) in [6, 6.07) is 7.95. The molecule has 1 amide bonds. The smallest absolute Gasteiger partial charge is 0.244 e. The largest absolute Gasteiger partial charge is 0.348 e. The van der Waals surface area contributed by atoms with Gasteiger partial charge in [-0.2, -0.15) is 0 Å². The van der Waals surface area contributed by atoms with Crippen molar-refractivity contribution < 1.29 is 17.6 Å². The fourth-order valence-corrected chi connectivity index (χ4v) is 4.45. The molecule has 7 heteroatoms. The van der Waals surface area contributed by atoms with Crippen LogP contribution < -0.4 is 9.62 Å². The molecule has 0 aliphatic heterocycles. The van der Waals surface area contributed by atoms with Crippen LogP contribution in [0.25, 0.3) is 0 Å². The van der Waals surface area contributed by atoms with Crippen LogP contribution in [-0.2, 0) is 14.8 Å². The van der Waals surface area contributed by atoms with Crippen molar-refractivity contribution in [1.29, 1.82) is 0 Å². The molecule has 0 aromatic heterocycles. The highest BCUT2D eigenvalue weighted by Gasteiger charge is 2.30. The third kappa shape index (κ3) is 4.90. The van der Waals surface area contributed by atoms with Gasteiger partial charge in [-0.1, -0.05) is 18.2 Å². The number of carbonyl (C=O) groups is 1. The van der Waals surface area contributed by atoms with Crippen LogP contribution in [0.1, 0.15) is 42.1 Å². The molecule has 0 aliphatic carbocycles. The SMILES string of the molecule is Cc1cc(C)c(C(C)NC(=O)C(C)N(c2cccc(F)c2)S(C)(=O)=O)cc1C. The van der Waals surface area contributed by atoms with Gasteiger partial charge in [-0.15, -0.1) is 0 Å². The predicted octanol–water partition coefficient (Wildman–Crippen LogP) is 3.78.